The smallest absolute Gasteiger partial charge is 0.346 e. The van der Waals surface area contributed by atoms with E-state index in [1.165, 1.54) is 39.3 Å². The third-order valence-corrected chi connectivity index (χ3v) is 4.03. The second-order valence-corrected chi connectivity index (χ2v) is 5.85. The fourth-order valence-corrected chi connectivity index (χ4v) is 2.56. The molecule has 0 fully saturated rings. The molecule has 2 aromatic carbocycles. The maximum Gasteiger partial charge on any atom is 0.346 e. The molecule has 0 amide bonds. The summed E-state index contributed by atoms with van der Waals surface area (Å²) in [7, 11) is 2.83. The van der Waals surface area contributed by atoms with E-state index in [1.807, 2.05) is 0 Å². The topological polar surface area (TPSA) is 114 Å². The molecule has 0 saturated carbocycles. The number of nitrogens with zero attached hydrogens (tertiary/aromatic N) is 1. The number of hydrogen-bond acceptors (Lipinski definition) is 8. The number of rotatable bonds is 9. The van der Waals surface area contributed by atoms with Crippen LogP contribution in [0.25, 0.3) is 0 Å². The number of Topliss-reactive ketones (excluding diaryl/α,β-unsaturated/α-hetero) is 1. The molecule has 0 aromatic heterocycles. The van der Waals surface area contributed by atoms with Crippen molar-refractivity contribution in [3.63, 3.8) is 0 Å². The lowest BCUT2D eigenvalue weighted by Gasteiger charge is -2.14. The molecule has 0 aliphatic rings. The van der Waals surface area contributed by atoms with Crippen molar-refractivity contribution in [3.8, 4) is 17.2 Å². The van der Waals surface area contributed by atoms with E-state index in [1.54, 1.807) is 19.1 Å². The van der Waals surface area contributed by atoms with E-state index in [0.717, 1.165) is 6.07 Å². The Bertz CT molecular complexity index is 907. The first-order valence-electron chi connectivity index (χ1n) is 8.70. The highest BCUT2D eigenvalue weighted by atomic mass is 16.6. The van der Waals surface area contributed by atoms with Gasteiger partial charge in [-0.1, -0.05) is 0 Å². The highest BCUT2D eigenvalue weighted by molar-refractivity contribution is 6.02. The van der Waals surface area contributed by atoms with E-state index in [9.17, 15) is 19.7 Å². The van der Waals surface area contributed by atoms with Gasteiger partial charge < -0.3 is 18.9 Å². The molecule has 0 N–H and O–H groups in total. The normalized spacial score (nSPS) is 11.3. The van der Waals surface area contributed by atoms with Gasteiger partial charge in [-0.15, -0.1) is 0 Å². The minimum atomic E-state index is -1.16. The van der Waals surface area contributed by atoms with Crippen LogP contribution in [0.1, 0.15) is 34.6 Å². The van der Waals surface area contributed by atoms with Crippen LogP contribution in [0.15, 0.2) is 36.4 Å². The van der Waals surface area contributed by atoms with Crippen LogP contribution in [0.4, 0.5) is 5.69 Å². The predicted molar refractivity (Wildman–Crippen MR) is 103 cm³/mol. The van der Waals surface area contributed by atoms with Crippen molar-refractivity contribution in [2.75, 3.05) is 20.8 Å². The highest BCUT2D eigenvalue weighted by Crippen LogP contribution is 2.35. The Morgan fingerprint density at radius 3 is 2.24 bits per heavy atom. The Morgan fingerprint density at radius 1 is 1.07 bits per heavy atom. The molecule has 9 nitrogen and oxygen atoms in total. The summed E-state index contributed by atoms with van der Waals surface area (Å²) in [5.74, 6) is -0.639. The quantitative estimate of drug-likeness (QED) is 0.271. The number of carbonyl (C=O) groups excluding carboxylic acids is 2. The zero-order chi connectivity index (χ0) is 21.6. The summed E-state index contributed by atoms with van der Waals surface area (Å²) in [5, 5.41) is 11.4. The Kier molecular flexibility index (Phi) is 7.13. The molecule has 2 aromatic rings. The second kappa shape index (κ2) is 9.54. The second-order valence-electron chi connectivity index (χ2n) is 5.85. The number of methoxy groups -OCH3 is 2. The van der Waals surface area contributed by atoms with Crippen LogP contribution in [0, 0.1) is 10.1 Å². The van der Waals surface area contributed by atoms with Crippen LogP contribution in [-0.4, -0.2) is 43.6 Å². The number of hydrogen-bond donors (Lipinski definition) is 0. The van der Waals surface area contributed by atoms with E-state index >= 15 is 0 Å². The average molecular weight is 403 g/mol. The molecule has 1 unspecified atom stereocenters. The number of nitro groups is 1. The summed E-state index contributed by atoms with van der Waals surface area (Å²) in [5.41, 5.74) is -0.543. The van der Waals surface area contributed by atoms with Crippen molar-refractivity contribution in [2.45, 2.75) is 20.0 Å². The first kappa shape index (κ1) is 21.7. The average Bonchev–Trinajstić information content (AvgIpc) is 2.72. The number of ketones is 1. The lowest BCUT2D eigenvalue weighted by Crippen LogP contribution is -2.25. The summed E-state index contributed by atoms with van der Waals surface area (Å²) in [6, 6.07) is 8.53. The number of benzene rings is 2. The number of nitro benzene ring substituents is 1. The van der Waals surface area contributed by atoms with Crippen molar-refractivity contribution in [3.05, 3.63) is 57.6 Å². The van der Waals surface area contributed by atoms with Crippen LogP contribution in [0.3, 0.4) is 0 Å². The maximum absolute atomic E-state index is 12.6. The van der Waals surface area contributed by atoms with Crippen LogP contribution in [0.2, 0.25) is 0 Å². The van der Waals surface area contributed by atoms with Crippen molar-refractivity contribution in [1.82, 2.24) is 0 Å². The third kappa shape index (κ3) is 5.01. The van der Waals surface area contributed by atoms with Crippen molar-refractivity contribution < 1.29 is 33.5 Å². The van der Waals surface area contributed by atoms with Crippen LogP contribution >= 0.6 is 0 Å². The zero-order valence-electron chi connectivity index (χ0n) is 16.5. The molecule has 0 bridgehead atoms. The van der Waals surface area contributed by atoms with Gasteiger partial charge in [-0.3, -0.25) is 14.9 Å². The van der Waals surface area contributed by atoms with E-state index in [0.29, 0.717) is 11.3 Å². The number of esters is 1. The minimum absolute atomic E-state index is 0.109. The van der Waals surface area contributed by atoms with E-state index in [4.69, 9.17) is 18.9 Å². The molecule has 0 heterocycles. The Morgan fingerprint density at radius 2 is 1.72 bits per heavy atom. The third-order valence-electron chi connectivity index (χ3n) is 4.03. The number of carbonyl (C=O) groups is 2. The molecule has 0 spiro atoms. The largest absolute Gasteiger partial charge is 0.497 e. The van der Waals surface area contributed by atoms with Crippen LogP contribution in [-0.2, 0) is 4.74 Å². The SMILES string of the molecule is CCOc1cc(C(=O)OC(C)C(=O)c2ccc(OC)cc2)c([N+](=O)[O-])cc1OC. The molecule has 154 valence electrons. The van der Waals surface area contributed by atoms with E-state index in [2.05, 4.69) is 0 Å². The molecule has 2 rings (SSSR count). The summed E-state index contributed by atoms with van der Waals surface area (Å²) in [6.45, 7) is 3.37. The monoisotopic (exact) mass is 403 g/mol. The Labute approximate surface area is 167 Å². The first-order chi connectivity index (χ1) is 13.8. The van der Waals surface area contributed by atoms with Gasteiger partial charge in [0.05, 0.1) is 31.8 Å². The van der Waals surface area contributed by atoms with E-state index in [-0.39, 0.29) is 23.7 Å². The van der Waals surface area contributed by atoms with Gasteiger partial charge in [-0.25, -0.2) is 4.79 Å². The van der Waals surface area contributed by atoms with Crippen LogP contribution in [0.5, 0.6) is 17.2 Å². The standard InChI is InChI=1S/C20H21NO8/c1-5-28-18-10-15(16(21(24)25)11-17(18)27-4)20(23)29-12(2)19(22)13-6-8-14(26-3)9-7-13/h6-12H,5H2,1-4H3. The summed E-state index contributed by atoms with van der Waals surface area (Å²) in [4.78, 5) is 35.7. The first-order valence-corrected chi connectivity index (χ1v) is 8.70. The molecule has 0 radical (unpaired) electrons. The molecular weight excluding hydrogens is 382 g/mol. The maximum atomic E-state index is 12.6. The minimum Gasteiger partial charge on any atom is -0.497 e. The van der Waals surface area contributed by atoms with Gasteiger partial charge in [0.15, 0.2) is 17.6 Å². The lowest BCUT2D eigenvalue weighted by atomic mass is 10.1. The summed E-state index contributed by atoms with van der Waals surface area (Å²) in [6.07, 6.45) is -1.16. The van der Waals surface area contributed by atoms with Crippen LogP contribution < -0.4 is 14.2 Å². The van der Waals surface area contributed by atoms with Gasteiger partial charge in [0.2, 0.25) is 5.78 Å². The summed E-state index contributed by atoms with van der Waals surface area (Å²) >= 11 is 0. The fourth-order valence-electron chi connectivity index (χ4n) is 2.56. The van der Waals surface area contributed by atoms with Gasteiger partial charge in [-0.2, -0.15) is 0 Å². The van der Waals surface area contributed by atoms with Gasteiger partial charge >= 0.3 is 5.97 Å². The summed E-state index contributed by atoms with van der Waals surface area (Å²) < 4.78 is 20.7. The fraction of sp³-hybridized carbons (Fsp3) is 0.300. The van der Waals surface area contributed by atoms with Crippen molar-refractivity contribution in [2.24, 2.45) is 0 Å². The molecule has 0 aliphatic heterocycles. The molecule has 9 heteroatoms. The molecule has 0 saturated heterocycles. The van der Waals surface area contributed by atoms with E-state index < -0.39 is 28.5 Å². The highest BCUT2D eigenvalue weighted by Gasteiger charge is 2.28. The van der Waals surface area contributed by atoms with Gasteiger partial charge in [0, 0.05) is 11.6 Å². The van der Waals surface area contributed by atoms with Crippen molar-refractivity contribution in [1.29, 1.82) is 0 Å². The molecular formula is C20H21NO8. The lowest BCUT2D eigenvalue weighted by molar-refractivity contribution is -0.385. The number of ether oxygens (including phenoxy) is 4. The predicted octanol–water partition coefficient (Wildman–Crippen LogP) is 3.44. The zero-order valence-corrected chi connectivity index (χ0v) is 16.5. The Balaban J connectivity index is 2.29. The van der Waals surface area contributed by atoms with Gasteiger partial charge in [-0.05, 0) is 38.1 Å². The van der Waals surface area contributed by atoms with Crippen molar-refractivity contribution >= 4 is 17.4 Å². The van der Waals surface area contributed by atoms with Gasteiger partial charge in [0.1, 0.15) is 11.3 Å². The van der Waals surface area contributed by atoms with Gasteiger partial charge in [0.25, 0.3) is 5.69 Å². The Hall–Kier alpha value is -3.62. The molecule has 29 heavy (non-hydrogen) atoms. The molecule has 1 atom stereocenters. The molecule has 0 aliphatic carbocycles.